The van der Waals surface area contributed by atoms with Gasteiger partial charge in [0.15, 0.2) is 0 Å². The molecule has 3 heterocycles. The number of alkyl halides is 1. The summed E-state index contributed by atoms with van der Waals surface area (Å²) in [6, 6.07) is 12.8. The molecular formula is C60H74F4N8O10. The number of carbonyl (C=O) groups is 8. The molecule has 0 spiro atoms. The number of likely N-dealkylation sites (tertiary alicyclic amines) is 1. The highest BCUT2D eigenvalue weighted by Gasteiger charge is 2.44. The molecule has 3 aromatic carbocycles. The molecule has 82 heavy (non-hydrogen) atoms. The van der Waals surface area contributed by atoms with Crippen molar-refractivity contribution in [2.75, 3.05) is 31.5 Å². The predicted octanol–water partition coefficient (Wildman–Crippen LogP) is 8.10. The number of carbonyl (C=O) groups excluding carboxylic acids is 8. The van der Waals surface area contributed by atoms with Crippen molar-refractivity contribution in [3.8, 4) is 11.3 Å². The predicted molar refractivity (Wildman–Crippen MR) is 296 cm³/mol. The molecule has 0 radical (unpaired) electrons. The van der Waals surface area contributed by atoms with Gasteiger partial charge in [0, 0.05) is 86.9 Å². The lowest BCUT2D eigenvalue weighted by atomic mass is 9.84. The van der Waals surface area contributed by atoms with Crippen LogP contribution in [0.2, 0.25) is 0 Å². The number of benzene rings is 3. The minimum atomic E-state index is -1.66. The van der Waals surface area contributed by atoms with Gasteiger partial charge in [0.2, 0.25) is 17.7 Å². The van der Waals surface area contributed by atoms with Crippen LogP contribution >= 0.6 is 0 Å². The molecule has 1 aromatic heterocycles. The molecule has 4 aromatic rings. The molecule has 1 fully saturated rings. The molecule has 22 heteroatoms. The fraction of sp³-hybridized carbons (Fsp3) is 0.483. The summed E-state index contributed by atoms with van der Waals surface area (Å²) < 4.78 is 67.6. The number of Topliss-reactive ketones (excluding diaryl/α,β-unsaturated/α-hetero) is 1. The number of nitrogens with two attached hydrogens (primary N) is 1. The van der Waals surface area contributed by atoms with Crippen LogP contribution in [0.25, 0.3) is 11.3 Å². The van der Waals surface area contributed by atoms with Crippen molar-refractivity contribution >= 4 is 53.0 Å². The Balaban J connectivity index is 1.08. The van der Waals surface area contributed by atoms with Crippen LogP contribution in [-0.4, -0.2) is 121 Å². The number of aliphatic hydroxyl groups is 1. The van der Waals surface area contributed by atoms with Gasteiger partial charge in [-0.05, 0) is 97.5 Å². The molecule has 6 atom stereocenters. The highest BCUT2D eigenvalue weighted by Crippen LogP contribution is 2.41. The number of imide groups is 1. The SMILES string of the molecule is CC(C)[C@H](CC(=O)CCCCCN1C(=O)C=CC1=O)C(=O)N[C@@H](CCCCC(N)=O)C(=O)Nc1ccc(COC(=O)N2C[C@@H](CN(C(=O)[C@@H](C)O)[C@@H](c3nc(-c4cc(F)ccc4F)cn3Cc3cccc(F)c3)C(C)(C)C)[C@@H](F)C2)cc1. The maximum Gasteiger partial charge on any atom is 0.410 e. The number of ketones is 1. The maximum absolute atomic E-state index is 16.2. The van der Waals surface area contributed by atoms with Gasteiger partial charge in [-0.3, -0.25) is 38.5 Å². The summed E-state index contributed by atoms with van der Waals surface area (Å²) in [6.07, 6.45) is 2.53. The largest absolute Gasteiger partial charge is 0.445 e. The minimum Gasteiger partial charge on any atom is -0.445 e. The molecule has 5 N–H and O–H groups in total. The Bertz CT molecular complexity index is 2960. The summed E-state index contributed by atoms with van der Waals surface area (Å²) in [5.74, 6) is -7.09. The van der Waals surface area contributed by atoms with Crippen molar-refractivity contribution in [1.29, 1.82) is 0 Å². The van der Waals surface area contributed by atoms with Gasteiger partial charge in [0.1, 0.15) is 54.0 Å². The fourth-order valence-corrected chi connectivity index (χ4v) is 10.1. The number of primary amides is 1. The number of nitrogens with zero attached hydrogens (tertiary/aromatic N) is 5. The van der Waals surface area contributed by atoms with Crippen LogP contribution in [0, 0.1) is 40.6 Å². The average Bonchev–Trinajstić information content (AvgIpc) is 4.26. The Kier molecular flexibility index (Phi) is 22.3. The first-order valence-electron chi connectivity index (χ1n) is 27.6. The number of aliphatic hydroxyl groups excluding tert-OH is 1. The Morgan fingerprint density at radius 2 is 1.52 bits per heavy atom. The minimum absolute atomic E-state index is 0.0105. The molecule has 6 rings (SSSR count). The second-order valence-electron chi connectivity index (χ2n) is 22.6. The zero-order chi connectivity index (χ0) is 60.0. The number of aromatic nitrogens is 2. The summed E-state index contributed by atoms with van der Waals surface area (Å²) in [6.45, 7) is 9.33. The number of halogens is 4. The molecule has 0 saturated carbocycles. The van der Waals surface area contributed by atoms with Gasteiger partial charge in [-0.15, -0.1) is 0 Å². The van der Waals surface area contributed by atoms with E-state index in [-0.39, 0.29) is 106 Å². The molecule has 1 saturated heterocycles. The van der Waals surface area contributed by atoms with Gasteiger partial charge in [0.05, 0.1) is 18.3 Å². The molecular weight excluding hydrogens is 1070 g/mol. The van der Waals surface area contributed by atoms with Crippen LogP contribution in [0.5, 0.6) is 0 Å². The first kappa shape index (κ1) is 63.4. The Hall–Kier alpha value is -7.75. The van der Waals surface area contributed by atoms with E-state index < -0.39 is 88.8 Å². The third-order valence-corrected chi connectivity index (χ3v) is 14.5. The number of unbranched alkanes of at least 4 members (excludes halogenated alkanes) is 3. The van der Waals surface area contributed by atoms with E-state index in [9.17, 15) is 52.2 Å². The number of rotatable bonds is 28. The third-order valence-electron chi connectivity index (χ3n) is 14.5. The van der Waals surface area contributed by atoms with Crippen molar-refractivity contribution in [3.63, 3.8) is 0 Å². The Morgan fingerprint density at radius 1 is 0.841 bits per heavy atom. The van der Waals surface area contributed by atoms with Crippen molar-refractivity contribution in [2.24, 2.45) is 28.9 Å². The van der Waals surface area contributed by atoms with Crippen molar-refractivity contribution in [2.45, 2.75) is 137 Å². The molecule has 2 aliphatic heterocycles. The second-order valence-corrected chi connectivity index (χ2v) is 22.6. The van der Waals surface area contributed by atoms with Gasteiger partial charge in [-0.1, -0.05) is 71.7 Å². The number of anilines is 1. The molecule has 2 aliphatic rings. The molecule has 442 valence electrons. The topological polar surface area (TPSA) is 244 Å². The lowest BCUT2D eigenvalue weighted by Crippen LogP contribution is -2.49. The lowest BCUT2D eigenvalue weighted by Gasteiger charge is -2.41. The Morgan fingerprint density at radius 3 is 2.17 bits per heavy atom. The van der Waals surface area contributed by atoms with Gasteiger partial charge >= 0.3 is 6.09 Å². The molecule has 0 unspecified atom stereocenters. The zero-order valence-electron chi connectivity index (χ0n) is 47.2. The smallest absolute Gasteiger partial charge is 0.410 e. The number of hydrogen-bond donors (Lipinski definition) is 4. The van der Waals surface area contributed by atoms with E-state index in [1.165, 1.54) is 53.3 Å². The molecule has 18 nitrogen and oxygen atoms in total. The first-order valence-corrected chi connectivity index (χ1v) is 27.6. The van der Waals surface area contributed by atoms with E-state index in [2.05, 4.69) is 10.6 Å². The number of nitrogens with one attached hydrogen (secondary N) is 2. The lowest BCUT2D eigenvalue weighted by molar-refractivity contribution is -0.146. The number of imidazole rings is 1. The van der Waals surface area contributed by atoms with Crippen molar-refractivity contribution < 1.29 is 65.8 Å². The van der Waals surface area contributed by atoms with Crippen molar-refractivity contribution in [3.05, 3.63) is 119 Å². The van der Waals surface area contributed by atoms with Crippen LogP contribution in [0.15, 0.2) is 85.1 Å². The van der Waals surface area contributed by atoms with E-state index in [0.29, 0.717) is 48.9 Å². The monoisotopic (exact) mass is 1140 g/mol. The van der Waals surface area contributed by atoms with Crippen molar-refractivity contribution in [1.82, 2.24) is 29.6 Å². The summed E-state index contributed by atoms with van der Waals surface area (Å²) in [7, 11) is 0. The summed E-state index contributed by atoms with van der Waals surface area (Å²) in [4.78, 5) is 112. The molecule has 0 aliphatic carbocycles. The standard InChI is InChI=1S/C60H74F4N8O10/c1-36(2)45(29-44(74)15-8-7-11-26-71-52(76)24-25-53(71)77)56(78)68-49(16-9-10-17-51(65)75)57(79)66-43-21-18-38(19-22-43)35-82-59(81)70-31-40(48(64)33-70)32-72(58(80)37(3)73)54(60(4,5)6)55-67-50(46-28-42(62)20-23-47(46)63)34-69(55)30-39-13-12-14-41(61)27-39/h12-14,18-25,27-28,34,36-37,40,45,48-49,54,73H,7-11,15-17,26,29-33,35H2,1-6H3,(H2,65,75)(H,66,79)(H,68,78)/t37-,40+,45+,48+,49+,54+/m1/s1. The van der Waals surface area contributed by atoms with Gasteiger partial charge in [-0.2, -0.15) is 0 Å². The second kappa shape index (κ2) is 28.8. The van der Waals surface area contributed by atoms with E-state index >= 15 is 8.78 Å². The number of ether oxygens (including phenoxy) is 1. The molecule has 0 bridgehead atoms. The molecule has 7 amide bonds. The van der Waals surface area contributed by atoms with E-state index in [1.807, 2.05) is 0 Å². The van der Waals surface area contributed by atoms with Gasteiger partial charge in [-0.25, -0.2) is 27.3 Å². The van der Waals surface area contributed by atoms with Gasteiger partial charge < -0.3 is 40.6 Å². The third kappa shape index (κ3) is 17.6. The fourth-order valence-electron chi connectivity index (χ4n) is 10.1. The van der Waals surface area contributed by atoms with E-state index in [0.717, 1.165) is 23.1 Å². The van der Waals surface area contributed by atoms with Crippen LogP contribution in [0.3, 0.4) is 0 Å². The van der Waals surface area contributed by atoms with Crippen LogP contribution < -0.4 is 16.4 Å². The number of hydrogen-bond acceptors (Lipinski definition) is 11. The van der Waals surface area contributed by atoms with E-state index in [1.54, 1.807) is 69.5 Å². The Labute approximate surface area is 474 Å². The summed E-state index contributed by atoms with van der Waals surface area (Å²) >= 11 is 0. The zero-order valence-corrected chi connectivity index (χ0v) is 47.2. The summed E-state index contributed by atoms with van der Waals surface area (Å²) in [5.41, 5.74) is 5.58. The number of amides is 7. The highest BCUT2D eigenvalue weighted by molar-refractivity contribution is 6.12. The van der Waals surface area contributed by atoms with E-state index in [4.69, 9.17) is 15.5 Å². The maximum atomic E-state index is 16.2. The van der Waals surface area contributed by atoms with Crippen LogP contribution in [-0.2, 0) is 51.5 Å². The quantitative estimate of drug-likeness (QED) is 0.0240. The van der Waals surface area contributed by atoms with Gasteiger partial charge in [0.25, 0.3) is 17.7 Å². The highest BCUT2D eigenvalue weighted by atomic mass is 19.1. The average molecular weight is 1140 g/mol. The van der Waals surface area contributed by atoms with Crippen LogP contribution in [0.1, 0.15) is 122 Å². The first-order chi connectivity index (χ1) is 38.8. The summed E-state index contributed by atoms with van der Waals surface area (Å²) in [5, 5.41) is 16.4. The normalized spacial score (nSPS) is 16.7. The van der Waals surface area contributed by atoms with Crippen LogP contribution in [0.4, 0.5) is 28.0 Å².